The van der Waals surface area contributed by atoms with E-state index < -0.39 is 12.0 Å². The van der Waals surface area contributed by atoms with Crippen LogP contribution in [0.1, 0.15) is 11.1 Å². The van der Waals surface area contributed by atoms with Gasteiger partial charge in [0.15, 0.2) is 0 Å². The molecule has 1 unspecified atom stereocenters. The summed E-state index contributed by atoms with van der Waals surface area (Å²) in [5.74, 6) is 0.178. The maximum Gasteiger partial charge on any atom is 0.355 e. The van der Waals surface area contributed by atoms with Crippen molar-refractivity contribution < 1.29 is 23.9 Å². The van der Waals surface area contributed by atoms with Gasteiger partial charge in [0.1, 0.15) is 29.5 Å². The van der Waals surface area contributed by atoms with Gasteiger partial charge in [-0.3, -0.25) is 14.5 Å². The monoisotopic (exact) mass is 578 g/mol. The number of thioether (sulfide) groups is 1. The summed E-state index contributed by atoms with van der Waals surface area (Å²) in [5, 5.41) is 2.51. The fourth-order valence-electron chi connectivity index (χ4n) is 3.81. The number of hydrogen-bond acceptors (Lipinski definition) is 6. The third kappa shape index (κ3) is 5.03. The summed E-state index contributed by atoms with van der Waals surface area (Å²) in [5.41, 5.74) is 2.77. The molecule has 33 heavy (non-hydrogen) atoms. The molecule has 0 saturated carbocycles. The molecule has 0 radical (unpaired) electrons. The molecule has 0 aromatic heterocycles. The van der Waals surface area contributed by atoms with Crippen molar-refractivity contribution in [2.75, 3.05) is 17.3 Å². The van der Waals surface area contributed by atoms with E-state index in [1.165, 1.54) is 4.90 Å². The van der Waals surface area contributed by atoms with Crippen molar-refractivity contribution in [3.8, 4) is 5.75 Å². The predicted octanol–water partition coefficient (Wildman–Crippen LogP) is 3.07. The minimum atomic E-state index is -0.654. The number of rotatable bonds is 8. The molecule has 2 aliphatic rings. The van der Waals surface area contributed by atoms with Crippen LogP contribution in [0.4, 0.5) is 0 Å². The third-order valence-corrected chi connectivity index (χ3v) is 7.74. The van der Waals surface area contributed by atoms with Crippen LogP contribution >= 0.6 is 34.4 Å². The summed E-state index contributed by atoms with van der Waals surface area (Å²) in [6.45, 7) is 0.0396. The Labute approximate surface area is 210 Å². The number of hydrogen-bond donors (Lipinski definition) is 1. The number of ether oxygens (including phenoxy) is 2. The van der Waals surface area contributed by atoms with Gasteiger partial charge in [0.25, 0.3) is 5.91 Å². The normalized spacial score (nSPS) is 19.5. The Morgan fingerprint density at radius 1 is 1.15 bits per heavy atom. The van der Waals surface area contributed by atoms with Gasteiger partial charge in [-0.2, -0.15) is 0 Å². The number of carbonyl (C=O) groups is 3. The van der Waals surface area contributed by atoms with E-state index in [9.17, 15) is 14.4 Å². The minimum Gasteiger partial charge on any atom is -0.496 e. The summed E-state index contributed by atoms with van der Waals surface area (Å²) in [6, 6.07) is 16.0. The first kappa shape index (κ1) is 23.6. The van der Waals surface area contributed by atoms with Gasteiger partial charge in [-0.25, -0.2) is 4.79 Å². The number of methoxy groups -OCH3 is 1. The van der Waals surface area contributed by atoms with Crippen LogP contribution in [-0.2, 0) is 32.1 Å². The number of fused-ring (bicyclic) bond motifs is 1. The van der Waals surface area contributed by atoms with Crippen LogP contribution in [0.3, 0.4) is 0 Å². The van der Waals surface area contributed by atoms with E-state index in [2.05, 4.69) is 27.9 Å². The van der Waals surface area contributed by atoms with Gasteiger partial charge in [-0.05, 0) is 17.2 Å². The highest BCUT2D eigenvalue weighted by molar-refractivity contribution is 14.1. The largest absolute Gasteiger partial charge is 0.496 e. The zero-order valence-corrected chi connectivity index (χ0v) is 20.9. The van der Waals surface area contributed by atoms with Crippen molar-refractivity contribution in [1.82, 2.24) is 10.2 Å². The summed E-state index contributed by atoms with van der Waals surface area (Å²) < 4.78 is 11.5. The van der Waals surface area contributed by atoms with Crippen molar-refractivity contribution in [3.63, 3.8) is 0 Å². The van der Waals surface area contributed by atoms with Gasteiger partial charge in [0.2, 0.25) is 5.91 Å². The zero-order chi connectivity index (χ0) is 23.4. The van der Waals surface area contributed by atoms with Crippen LogP contribution < -0.4 is 10.1 Å². The van der Waals surface area contributed by atoms with Gasteiger partial charge in [-0.1, -0.05) is 71.1 Å². The van der Waals surface area contributed by atoms with E-state index in [-0.39, 0.29) is 30.2 Å². The molecule has 9 heteroatoms. The second-order valence-electron chi connectivity index (χ2n) is 7.59. The molecule has 7 nitrogen and oxygen atoms in total. The third-order valence-electron chi connectivity index (χ3n) is 5.48. The molecule has 0 bridgehead atoms. The van der Waals surface area contributed by atoms with Crippen molar-refractivity contribution in [2.24, 2.45) is 0 Å². The first-order chi connectivity index (χ1) is 16.0. The first-order valence-electron chi connectivity index (χ1n) is 10.4. The van der Waals surface area contributed by atoms with E-state index in [0.717, 1.165) is 16.7 Å². The average Bonchev–Trinajstić information content (AvgIpc) is 2.85. The molecule has 2 aromatic carbocycles. The van der Waals surface area contributed by atoms with Crippen molar-refractivity contribution >= 4 is 52.1 Å². The highest BCUT2D eigenvalue weighted by Crippen LogP contribution is 2.41. The quantitative estimate of drug-likeness (QED) is 0.225. The molecule has 2 atom stereocenters. The number of alkyl halides is 1. The molecule has 2 aliphatic heterocycles. The number of carbonyl (C=O) groups excluding carboxylic acids is 3. The first-order valence-corrected chi connectivity index (χ1v) is 13.0. The predicted molar refractivity (Wildman–Crippen MR) is 134 cm³/mol. The Hall–Kier alpha value is -2.53. The molecule has 172 valence electrons. The van der Waals surface area contributed by atoms with E-state index in [1.54, 1.807) is 24.9 Å². The maximum absolute atomic E-state index is 13.0. The van der Waals surface area contributed by atoms with Crippen LogP contribution in [0.2, 0.25) is 0 Å². The molecule has 1 N–H and O–H groups in total. The second-order valence-corrected chi connectivity index (χ2v) is 9.46. The molecule has 4 rings (SSSR count). The van der Waals surface area contributed by atoms with Crippen LogP contribution in [-0.4, -0.2) is 51.4 Å². The summed E-state index contributed by atoms with van der Waals surface area (Å²) in [6.07, 6.45) is 0.199. The number of benzene rings is 2. The van der Waals surface area contributed by atoms with Crippen LogP contribution in [0.15, 0.2) is 65.9 Å². The molecule has 2 amide bonds. The van der Waals surface area contributed by atoms with Crippen molar-refractivity contribution in [1.29, 1.82) is 0 Å². The van der Waals surface area contributed by atoms with Gasteiger partial charge < -0.3 is 14.8 Å². The number of nitrogens with zero attached hydrogens (tertiary/aromatic N) is 1. The maximum atomic E-state index is 13.0. The molecule has 1 saturated heterocycles. The molecule has 0 aliphatic carbocycles. The second kappa shape index (κ2) is 10.6. The fourth-order valence-corrected chi connectivity index (χ4v) is 6.16. The van der Waals surface area contributed by atoms with Gasteiger partial charge in [0.05, 0.1) is 13.5 Å². The lowest BCUT2D eigenvalue weighted by atomic mass is 10.0. The van der Waals surface area contributed by atoms with Crippen LogP contribution in [0, 0.1) is 0 Å². The molecular weight excluding hydrogens is 555 g/mol. The lowest BCUT2D eigenvalue weighted by molar-refractivity contribution is -0.153. The fraction of sp³-hybridized carbons (Fsp3) is 0.292. The number of amides is 2. The van der Waals surface area contributed by atoms with E-state index in [4.69, 9.17) is 9.47 Å². The molecule has 2 aromatic rings. The van der Waals surface area contributed by atoms with Gasteiger partial charge in [0, 0.05) is 15.7 Å². The number of esters is 1. The highest BCUT2D eigenvalue weighted by Gasteiger charge is 2.54. The average molecular weight is 578 g/mol. The lowest BCUT2D eigenvalue weighted by Gasteiger charge is -2.49. The summed E-state index contributed by atoms with van der Waals surface area (Å²) in [7, 11) is 1.56. The molecular formula is C24H23IN2O5S. The Balaban J connectivity index is 1.43. The van der Waals surface area contributed by atoms with E-state index in [1.807, 2.05) is 48.5 Å². The van der Waals surface area contributed by atoms with E-state index in [0.29, 0.717) is 21.6 Å². The van der Waals surface area contributed by atoms with Gasteiger partial charge >= 0.3 is 5.97 Å². The minimum absolute atomic E-state index is 0.0396. The Morgan fingerprint density at radius 2 is 1.88 bits per heavy atom. The Bertz CT molecular complexity index is 1090. The lowest BCUT2D eigenvalue weighted by Crippen LogP contribution is -2.70. The molecule has 1 fully saturated rings. The van der Waals surface area contributed by atoms with Crippen molar-refractivity contribution in [2.45, 2.75) is 24.4 Å². The molecule has 2 heterocycles. The smallest absolute Gasteiger partial charge is 0.355 e. The topological polar surface area (TPSA) is 84.9 Å². The van der Waals surface area contributed by atoms with Crippen molar-refractivity contribution in [3.05, 3.63) is 77.0 Å². The SMILES string of the molecule is COc1ccccc1COC(=O)C1=C(CI)CS[C@@H]2C(NC(=O)Cc3ccccc3)C(=O)N12. The van der Waals surface area contributed by atoms with Crippen LogP contribution in [0.5, 0.6) is 5.75 Å². The number of para-hydroxylation sites is 1. The summed E-state index contributed by atoms with van der Waals surface area (Å²) in [4.78, 5) is 40.0. The number of nitrogens with one attached hydrogen (secondary N) is 1. The molecule has 0 spiro atoms. The standard InChI is InChI=1S/C24H23IN2O5S/c1-31-18-10-6-5-9-16(18)13-32-24(30)21-17(12-25)14-33-23-20(22(29)27(21)23)26-19(28)11-15-7-3-2-4-8-15/h2-10,20,23H,11-14H2,1H3,(H,26,28)/t20?,23-/m1/s1. The number of β-lactam (4-membered cyclic amide) rings is 1. The van der Waals surface area contributed by atoms with Gasteiger partial charge in [-0.15, -0.1) is 11.8 Å². The summed E-state index contributed by atoms with van der Waals surface area (Å²) >= 11 is 3.73. The van der Waals surface area contributed by atoms with E-state index >= 15 is 0 Å². The Kier molecular flexibility index (Phi) is 7.59. The Morgan fingerprint density at radius 3 is 2.61 bits per heavy atom. The zero-order valence-electron chi connectivity index (χ0n) is 18.0. The van der Waals surface area contributed by atoms with Crippen LogP contribution in [0.25, 0.3) is 0 Å². The highest BCUT2D eigenvalue weighted by atomic mass is 127. The number of halogens is 1.